The number of rotatable bonds is 7. The molecule has 150 valence electrons. The molecule has 6 nitrogen and oxygen atoms in total. The van der Waals surface area contributed by atoms with Crippen LogP contribution in [-0.2, 0) is 17.0 Å². The lowest BCUT2D eigenvalue weighted by atomic mass is 10.1. The number of hydrogen-bond acceptors (Lipinski definition) is 5. The molecule has 0 bridgehead atoms. The number of ether oxygens (including phenoxy) is 1. The summed E-state index contributed by atoms with van der Waals surface area (Å²) in [7, 11) is 1.62. The third-order valence-electron chi connectivity index (χ3n) is 4.37. The maximum Gasteiger partial charge on any atom is 0.251 e. The van der Waals surface area contributed by atoms with E-state index in [-0.39, 0.29) is 17.9 Å². The Morgan fingerprint density at radius 3 is 2.59 bits per heavy atom. The van der Waals surface area contributed by atoms with Gasteiger partial charge in [0.05, 0.1) is 19.2 Å². The average molecular weight is 410 g/mol. The first-order valence-electron chi connectivity index (χ1n) is 9.16. The van der Waals surface area contributed by atoms with Crippen molar-refractivity contribution < 1.29 is 9.53 Å². The summed E-state index contributed by atoms with van der Waals surface area (Å²) in [5.74, 6) is 1.20. The van der Waals surface area contributed by atoms with Gasteiger partial charge < -0.3 is 15.0 Å². The van der Waals surface area contributed by atoms with E-state index in [1.165, 1.54) is 17.8 Å². The average Bonchev–Trinajstić information content (AvgIpc) is 2.69. The molecule has 0 radical (unpaired) electrons. The topological polar surface area (TPSA) is 84.1 Å². The fraction of sp³-hybridized carbons (Fsp3) is 0.227. The molecule has 3 rings (SSSR count). The second kappa shape index (κ2) is 9.43. The molecule has 29 heavy (non-hydrogen) atoms. The van der Waals surface area contributed by atoms with Crippen LogP contribution in [-0.4, -0.2) is 23.0 Å². The summed E-state index contributed by atoms with van der Waals surface area (Å²) >= 11 is 1.40. The molecule has 1 heterocycles. The first-order chi connectivity index (χ1) is 13.9. The van der Waals surface area contributed by atoms with Crippen LogP contribution in [0.5, 0.6) is 5.75 Å². The van der Waals surface area contributed by atoms with E-state index in [2.05, 4.69) is 15.3 Å². The van der Waals surface area contributed by atoms with Gasteiger partial charge in [-0.3, -0.25) is 9.59 Å². The van der Waals surface area contributed by atoms with Crippen molar-refractivity contribution in [2.24, 2.45) is 0 Å². The summed E-state index contributed by atoms with van der Waals surface area (Å²) in [6.07, 6.45) is 0.0322. The van der Waals surface area contributed by atoms with Gasteiger partial charge >= 0.3 is 0 Å². The lowest BCUT2D eigenvalue weighted by molar-refractivity contribution is -0.115. The second-order valence-corrected chi connectivity index (χ2v) is 7.64. The third kappa shape index (κ3) is 5.71. The highest BCUT2D eigenvalue weighted by Crippen LogP contribution is 2.22. The minimum atomic E-state index is -0.275. The fourth-order valence-electron chi connectivity index (χ4n) is 2.92. The maximum absolute atomic E-state index is 12.5. The molecule has 3 aromatic rings. The molecule has 0 aliphatic carbocycles. The Bertz CT molecular complexity index is 1060. The molecule has 7 heteroatoms. The number of para-hydroxylation sites is 1. The third-order valence-corrected chi connectivity index (χ3v) is 5.31. The van der Waals surface area contributed by atoms with Crippen molar-refractivity contribution in [2.45, 2.75) is 31.2 Å². The number of carbonyl (C=O) groups excluding carboxylic acids is 1. The standard InChI is InChI=1S/C22H23N3O3S/c1-14-6-4-7-15(2)21(14)24-19(26)11-17-12-20(27)25-22(23-17)29-13-16-8-5-9-18(10-16)28-3/h4-10,12H,11,13H2,1-3H3,(H,24,26)(H,23,25,27). The van der Waals surface area contributed by atoms with E-state index in [1.54, 1.807) is 7.11 Å². The summed E-state index contributed by atoms with van der Waals surface area (Å²) in [6.45, 7) is 3.89. The van der Waals surface area contributed by atoms with Gasteiger partial charge in [-0.25, -0.2) is 4.98 Å². The molecule has 0 spiro atoms. The van der Waals surface area contributed by atoms with E-state index in [0.717, 1.165) is 28.1 Å². The van der Waals surface area contributed by atoms with Gasteiger partial charge in [0.25, 0.3) is 5.56 Å². The number of aromatic nitrogens is 2. The molecule has 0 fully saturated rings. The predicted octanol–water partition coefficient (Wildman–Crippen LogP) is 3.87. The SMILES string of the molecule is COc1cccc(CSc2nc(CC(=O)Nc3c(C)cccc3C)cc(=O)[nH]2)c1. The van der Waals surface area contributed by atoms with E-state index in [0.29, 0.717) is 16.6 Å². The van der Waals surface area contributed by atoms with Crippen LogP contribution >= 0.6 is 11.8 Å². The first kappa shape index (κ1) is 20.7. The Kier molecular flexibility index (Phi) is 6.72. The smallest absolute Gasteiger partial charge is 0.251 e. The van der Waals surface area contributed by atoms with E-state index in [4.69, 9.17) is 4.74 Å². The number of aryl methyl sites for hydroxylation is 2. The molecule has 2 N–H and O–H groups in total. The lowest BCUT2D eigenvalue weighted by Gasteiger charge is -2.11. The molecule has 0 aliphatic heterocycles. The molecule has 0 unspecified atom stereocenters. The van der Waals surface area contributed by atoms with Gasteiger partial charge in [0.2, 0.25) is 5.91 Å². The number of H-pyrrole nitrogens is 1. The molecule has 1 aromatic heterocycles. The molecular formula is C22H23N3O3S. The molecule has 2 aromatic carbocycles. The van der Waals surface area contributed by atoms with Crippen molar-refractivity contribution in [3.05, 3.63) is 81.3 Å². The van der Waals surface area contributed by atoms with Crippen LogP contribution in [0.2, 0.25) is 0 Å². The number of methoxy groups -OCH3 is 1. The van der Waals surface area contributed by atoms with Gasteiger partial charge in [-0.05, 0) is 42.7 Å². The summed E-state index contributed by atoms with van der Waals surface area (Å²) in [5, 5.41) is 3.41. The number of amides is 1. The van der Waals surface area contributed by atoms with Crippen molar-refractivity contribution in [1.82, 2.24) is 9.97 Å². The van der Waals surface area contributed by atoms with Gasteiger partial charge in [0.15, 0.2) is 5.16 Å². The molecule has 0 saturated heterocycles. The Morgan fingerprint density at radius 2 is 1.86 bits per heavy atom. The number of aromatic amines is 1. The Morgan fingerprint density at radius 1 is 1.14 bits per heavy atom. The Labute approximate surface area is 173 Å². The fourth-order valence-corrected chi connectivity index (χ4v) is 3.75. The summed E-state index contributed by atoms with van der Waals surface area (Å²) in [4.78, 5) is 31.6. The van der Waals surface area contributed by atoms with Gasteiger partial charge in [-0.1, -0.05) is 42.1 Å². The highest BCUT2D eigenvalue weighted by molar-refractivity contribution is 7.98. The van der Waals surface area contributed by atoms with Crippen LogP contribution in [0.3, 0.4) is 0 Å². The van der Waals surface area contributed by atoms with E-state index in [1.807, 2.05) is 56.3 Å². The van der Waals surface area contributed by atoms with Gasteiger partial charge in [-0.15, -0.1) is 0 Å². The van der Waals surface area contributed by atoms with Crippen LogP contribution in [0, 0.1) is 13.8 Å². The highest BCUT2D eigenvalue weighted by atomic mass is 32.2. The Hall–Kier alpha value is -3.06. The number of nitrogens with one attached hydrogen (secondary N) is 2. The number of thioether (sulfide) groups is 1. The zero-order chi connectivity index (χ0) is 20.8. The van der Waals surface area contributed by atoms with E-state index >= 15 is 0 Å². The number of hydrogen-bond donors (Lipinski definition) is 2. The highest BCUT2D eigenvalue weighted by Gasteiger charge is 2.11. The molecule has 0 atom stereocenters. The lowest BCUT2D eigenvalue weighted by Crippen LogP contribution is -2.19. The second-order valence-electron chi connectivity index (χ2n) is 6.67. The zero-order valence-corrected chi connectivity index (χ0v) is 17.4. The molecule has 0 aliphatic rings. The molecule has 0 saturated carbocycles. The van der Waals surface area contributed by atoms with Crippen molar-refractivity contribution >= 4 is 23.4 Å². The first-order valence-corrected chi connectivity index (χ1v) is 10.1. The predicted molar refractivity (Wildman–Crippen MR) is 116 cm³/mol. The molecular weight excluding hydrogens is 386 g/mol. The van der Waals surface area contributed by atoms with Gasteiger partial charge in [0.1, 0.15) is 5.75 Å². The van der Waals surface area contributed by atoms with Crippen LogP contribution in [0.4, 0.5) is 5.69 Å². The monoisotopic (exact) mass is 409 g/mol. The summed E-state index contributed by atoms with van der Waals surface area (Å²) < 4.78 is 5.23. The van der Waals surface area contributed by atoms with Crippen LogP contribution in [0.1, 0.15) is 22.4 Å². The van der Waals surface area contributed by atoms with E-state index < -0.39 is 0 Å². The van der Waals surface area contributed by atoms with Crippen LogP contribution in [0.25, 0.3) is 0 Å². The Balaban J connectivity index is 1.68. The van der Waals surface area contributed by atoms with Crippen molar-refractivity contribution in [1.29, 1.82) is 0 Å². The van der Waals surface area contributed by atoms with Crippen LogP contribution < -0.4 is 15.6 Å². The minimum absolute atomic E-state index is 0.0322. The largest absolute Gasteiger partial charge is 0.497 e. The number of benzene rings is 2. The van der Waals surface area contributed by atoms with Gasteiger partial charge in [-0.2, -0.15) is 0 Å². The van der Waals surface area contributed by atoms with E-state index in [9.17, 15) is 9.59 Å². The summed E-state index contributed by atoms with van der Waals surface area (Å²) in [5.41, 5.74) is 4.00. The summed E-state index contributed by atoms with van der Waals surface area (Å²) in [6, 6.07) is 14.9. The maximum atomic E-state index is 12.5. The van der Waals surface area contributed by atoms with Gasteiger partial charge in [0, 0.05) is 17.5 Å². The zero-order valence-electron chi connectivity index (χ0n) is 16.6. The number of carbonyl (C=O) groups is 1. The number of anilines is 1. The minimum Gasteiger partial charge on any atom is -0.497 e. The van der Waals surface area contributed by atoms with Crippen molar-refractivity contribution in [3.63, 3.8) is 0 Å². The van der Waals surface area contributed by atoms with Crippen molar-refractivity contribution in [2.75, 3.05) is 12.4 Å². The normalized spacial score (nSPS) is 10.6. The van der Waals surface area contributed by atoms with Crippen molar-refractivity contribution in [3.8, 4) is 5.75 Å². The molecule has 1 amide bonds. The number of nitrogens with zero attached hydrogens (tertiary/aromatic N) is 1. The van der Waals surface area contributed by atoms with Crippen LogP contribution in [0.15, 0.2) is 58.5 Å². The quantitative estimate of drug-likeness (QED) is 0.457.